The van der Waals surface area contributed by atoms with Crippen molar-refractivity contribution in [3.8, 4) is 11.3 Å². The van der Waals surface area contributed by atoms with Crippen LogP contribution in [0.15, 0.2) is 11.4 Å². The summed E-state index contributed by atoms with van der Waals surface area (Å²) in [4.78, 5) is 7.96. The van der Waals surface area contributed by atoms with Crippen molar-refractivity contribution in [2.45, 2.75) is 20.3 Å². The Morgan fingerprint density at radius 2 is 2.25 bits per heavy atom. The molecule has 4 heteroatoms. The summed E-state index contributed by atoms with van der Waals surface area (Å²) in [6, 6.07) is 2.16. The van der Waals surface area contributed by atoms with Gasteiger partial charge in [0.15, 0.2) is 0 Å². The van der Waals surface area contributed by atoms with Gasteiger partial charge >= 0.3 is 0 Å². The molecular weight excluding hydrogens is 218 g/mol. The van der Waals surface area contributed by atoms with Crippen LogP contribution >= 0.6 is 11.3 Å². The lowest BCUT2D eigenvalue weighted by atomic mass is 10.2. The maximum absolute atomic E-state index is 4.65. The number of H-pyrrole nitrogens is 1. The average Bonchev–Trinajstić information content (AvgIpc) is 2.82. The van der Waals surface area contributed by atoms with E-state index in [1.54, 1.807) is 11.3 Å². The van der Waals surface area contributed by atoms with Gasteiger partial charge in [-0.2, -0.15) is 0 Å². The van der Waals surface area contributed by atoms with Crippen LogP contribution in [0.25, 0.3) is 11.3 Å². The maximum atomic E-state index is 4.65. The number of hydrogen-bond donors (Lipinski definition) is 2. The van der Waals surface area contributed by atoms with Crippen molar-refractivity contribution in [2.24, 2.45) is 0 Å². The second kappa shape index (κ2) is 4.80. The summed E-state index contributed by atoms with van der Waals surface area (Å²) < 4.78 is 0. The minimum atomic E-state index is 0.984. The molecule has 0 aromatic carbocycles. The molecule has 2 N–H and O–H groups in total. The van der Waals surface area contributed by atoms with Gasteiger partial charge in [-0.25, -0.2) is 4.98 Å². The van der Waals surface area contributed by atoms with Crippen LogP contribution in [-0.2, 0) is 6.42 Å². The van der Waals surface area contributed by atoms with Crippen molar-refractivity contribution in [3.63, 3.8) is 0 Å². The van der Waals surface area contributed by atoms with Gasteiger partial charge < -0.3 is 10.3 Å². The van der Waals surface area contributed by atoms with Crippen LogP contribution in [-0.4, -0.2) is 23.6 Å². The first kappa shape index (κ1) is 11.4. The molecular formula is C12H17N3S. The van der Waals surface area contributed by atoms with Gasteiger partial charge in [-0.1, -0.05) is 0 Å². The largest absolute Gasteiger partial charge is 0.362 e. The van der Waals surface area contributed by atoms with Crippen molar-refractivity contribution in [3.05, 3.63) is 27.8 Å². The van der Waals surface area contributed by atoms with E-state index < -0.39 is 0 Å². The fourth-order valence-corrected chi connectivity index (χ4v) is 2.57. The number of thiazole rings is 1. The van der Waals surface area contributed by atoms with Crippen molar-refractivity contribution < 1.29 is 0 Å². The Morgan fingerprint density at radius 1 is 1.44 bits per heavy atom. The van der Waals surface area contributed by atoms with Crippen LogP contribution in [0.3, 0.4) is 0 Å². The molecule has 0 amide bonds. The van der Waals surface area contributed by atoms with Gasteiger partial charge in [0.25, 0.3) is 0 Å². The summed E-state index contributed by atoms with van der Waals surface area (Å²) >= 11 is 1.74. The molecule has 0 radical (unpaired) electrons. The Balaban J connectivity index is 2.21. The van der Waals surface area contributed by atoms with Gasteiger partial charge in [-0.3, -0.25) is 0 Å². The van der Waals surface area contributed by atoms with Crippen LogP contribution in [0.2, 0.25) is 0 Å². The molecule has 0 aliphatic heterocycles. The molecule has 2 rings (SSSR count). The van der Waals surface area contributed by atoms with Crippen molar-refractivity contribution in [2.75, 3.05) is 13.6 Å². The molecule has 0 spiro atoms. The molecule has 2 aromatic heterocycles. The van der Waals surface area contributed by atoms with Crippen LogP contribution in [0.1, 0.15) is 16.4 Å². The summed E-state index contributed by atoms with van der Waals surface area (Å²) in [5.41, 5.74) is 4.71. The van der Waals surface area contributed by atoms with Gasteiger partial charge in [0.1, 0.15) is 0 Å². The van der Waals surface area contributed by atoms with Gasteiger partial charge in [-0.05, 0) is 27.0 Å². The zero-order chi connectivity index (χ0) is 11.5. The third kappa shape index (κ3) is 2.33. The van der Waals surface area contributed by atoms with E-state index in [-0.39, 0.29) is 0 Å². The molecule has 0 aliphatic carbocycles. The number of aromatic nitrogens is 2. The van der Waals surface area contributed by atoms with Crippen molar-refractivity contribution in [1.82, 2.24) is 15.3 Å². The molecule has 0 bridgehead atoms. The highest BCUT2D eigenvalue weighted by molar-refractivity contribution is 7.09. The zero-order valence-corrected chi connectivity index (χ0v) is 10.7. The molecule has 0 aliphatic rings. The van der Waals surface area contributed by atoms with E-state index >= 15 is 0 Å². The SMILES string of the molecule is CNCCc1nc(-c2cc(C)[nH]c2C)cs1. The molecule has 2 aromatic rings. The molecule has 0 saturated heterocycles. The number of hydrogen-bond acceptors (Lipinski definition) is 3. The molecule has 2 heterocycles. The second-order valence-corrected chi connectivity index (χ2v) is 4.91. The van der Waals surface area contributed by atoms with Gasteiger partial charge in [0, 0.05) is 35.3 Å². The molecule has 86 valence electrons. The molecule has 3 nitrogen and oxygen atoms in total. The summed E-state index contributed by atoms with van der Waals surface area (Å²) in [6.45, 7) is 5.15. The molecule has 0 unspecified atom stereocenters. The number of likely N-dealkylation sites (N-methyl/N-ethyl adjacent to an activating group) is 1. The topological polar surface area (TPSA) is 40.7 Å². The average molecular weight is 235 g/mol. The Kier molecular flexibility index (Phi) is 3.41. The van der Waals surface area contributed by atoms with E-state index in [2.05, 4.69) is 40.6 Å². The van der Waals surface area contributed by atoms with Gasteiger partial charge in [-0.15, -0.1) is 11.3 Å². The summed E-state index contributed by atoms with van der Waals surface area (Å²) in [5.74, 6) is 0. The van der Waals surface area contributed by atoms with E-state index in [9.17, 15) is 0 Å². The molecule has 0 saturated carbocycles. The lowest BCUT2D eigenvalue weighted by Gasteiger charge is -1.95. The fraction of sp³-hybridized carbons (Fsp3) is 0.417. The monoisotopic (exact) mass is 235 g/mol. The van der Waals surface area contributed by atoms with Gasteiger partial charge in [0.05, 0.1) is 10.7 Å². The smallest absolute Gasteiger partial charge is 0.0945 e. The standard InChI is InChI=1S/C12H17N3S/c1-8-6-10(9(2)14-8)11-7-16-12(15-11)4-5-13-3/h6-7,13-14H,4-5H2,1-3H3. The molecule has 16 heavy (non-hydrogen) atoms. The van der Waals surface area contributed by atoms with Crippen LogP contribution in [0.5, 0.6) is 0 Å². The summed E-state index contributed by atoms with van der Waals surface area (Å²) in [7, 11) is 1.97. The first-order valence-electron chi connectivity index (χ1n) is 5.46. The second-order valence-electron chi connectivity index (χ2n) is 3.97. The number of rotatable bonds is 4. The predicted molar refractivity (Wildman–Crippen MR) is 69.0 cm³/mol. The van der Waals surface area contributed by atoms with Crippen molar-refractivity contribution >= 4 is 11.3 Å². The third-order valence-corrected chi connectivity index (χ3v) is 3.47. The van der Waals surface area contributed by atoms with Gasteiger partial charge in [0.2, 0.25) is 0 Å². The number of nitrogens with one attached hydrogen (secondary N) is 2. The van der Waals surface area contributed by atoms with Crippen molar-refractivity contribution in [1.29, 1.82) is 0 Å². The minimum absolute atomic E-state index is 0.984. The first-order valence-corrected chi connectivity index (χ1v) is 6.34. The van der Waals surface area contributed by atoms with E-state index in [0.717, 1.165) is 18.7 Å². The Labute approximate surface area is 99.9 Å². The summed E-state index contributed by atoms with van der Waals surface area (Å²) in [5, 5.41) is 6.48. The fourth-order valence-electron chi connectivity index (χ4n) is 1.77. The predicted octanol–water partition coefficient (Wildman–Crippen LogP) is 2.52. The third-order valence-electron chi connectivity index (χ3n) is 2.57. The number of nitrogens with zero attached hydrogens (tertiary/aromatic N) is 1. The van der Waals surface area contributed by atoms with E-state index in [1.165, 1.54) is 22.0 Å². The maximum Gasteiger partial charge on any atom is 0.0945 e. The Bertz CT molecular complexity index is 470. The van der Waals surface area contributed by atoms with E-state index in [1.807, 2.05) is 7.05 Å². The van der Waals surface area contributed by atoms with Crippen LogP contribution < -0.4 is 5.32 Å². The van der Waals surface area contributed by atoms with E-state index in [0.29, 0.717) is 0 Å². The Morgan fingerprint density at radius 3 is 2.88 bits per heavy atom. The normalized spacial score (nSPS) is 10.9. The quantitative estimate of drug-likeness (QED) is 0.855. The highest BCUT2D eigenvalue weighted by Gasteiger charge is 2.08. The first-order chi connectivity index (χ1) is 7.70. The molecule has 0 atom stereocenters. The molecule has 0 fully saturated rings. The Hall–Kier alpha value is -1.13. The zero-order valence-electron chi connectivity index (χ0n) is 9.92. The number of aromatic amines is 1. The lowest BCUT2D eigenvalue weighted by Crippen LogP contribution is -2.09. The summed E-state index contributed by atoms with van der Waals surface area (Å²) in [6.07, 6.45) is 1.00. The lowest BCUT2D eigenvalue weighted by molar-refractivity contribution is 0.788. The van der Waals surface area contributed by atoms with E-state index in [4.69, 9.17) is 0 Å². The highest BCUT2D eigenvalue weighted by atomic mass is 32.1. The minimum Gasteiger partial charge on any atom is -0.362 e. The highest BCUT2D eigenvalue weighted by Crippen LogP contribution is 2.25. The number of aryl methyl sites for hydroxylation is 2. The van der Waals surface area contributed by atoms with Crippen LogP contribution in [0, 0.1) is 13.8 Å². The van der Waals surface area contributed by atoms with Crippen LogP contribution in [0.4, 0.5) is 0 Å².